The maximum absolute atomic E-state index is 5.78. The molecule has 2 aromatic rings. The van der Waals surface area contributed by atoms with E-state index in [9.17, 15) is 0 Å². The van der Waals surface area contributed by atoms with Crippen LogP contribution in [0.15, 0.2) is 17.1 Å². The number of hydrogen-bond donors (Lipinski definition) is 1. The summed E-state index contributed by atoms with van der Waals surface area (Å²) in [5, 5.41) is 7.60. The summed E-state index contributed by atoms with van der Waals surface area (Å²) >= 11 is 5.78. The molecule has 0 saturated carbocycles. The van der Waals surface area contributed by atoms with Crippen LogP contribution in [0.25, 0.3) is 5.65 Å². The van der Waals surface area contributed by atoms with Gasteiger partial charge in [-0.15, -0.1) is 16.7 Å². The number of rotatable bonds is 2. The Morgan fingerprint density at radius 2 is 2.35 bits per heavy atom. The van der Waals surface area contributed by atoms with Crippen molar-refractivity contribution in [3.8, 4) is 0 Å². The lowest BCUT2D eigenvalue weighted by atomic mass is 10.2. The lowest BCUT2D eigenvalue weighted by Crippen LogP contribution is -2.20. The van der Waals surface area contributed by atoms with Crippen molar-refractivity contribution in [3.05, 3.63) is 29.2 Å². The van der Waals surface area contributed by atoms with Gasteiger partial charge in [-0.05, 0) is 19.1 Å². The van der Waals surface area contributed by atoms with Crippen LogP contribution in [0.4, 0.5) is 0 Å². The largest absolute Gasteiger partial charge is 0.368 e. The Bertz CT molecular complexity index is 601. The van der Waals surface area contributed by atoms with Crippen molar-refractivity contribution in [1.82, 2.24) is 19.9 Å². The summed E-state index contributed by atoms with van der Waals surface area (Å²) in [7, 11) is 0. The Morgan fingerprint density at radius 3 is 3.06 bits per heavy atom. The summed E-state index contributed by atoms with van der Waals surface area (Å²) in [6, 6.07) is 4.03. The van der Waals surface area contributed by atoms with Crippen LogP contribution in [-0.2, 0) is 5.88 Å². The minimum absolute atomic E-state index is 0.320. The van der Waals surface area contributed by atoms with Gasteiger partial charge in [-0.2, -0.15) is 0 Å². The van der Waals surface area contributed by atoms with Crippen molar-refractivity contribution in [2.24, 2.45) is 4.99 Å². The average molecular weight is 250 g/mol. The standard InChI is InChI=1S/C11H12ClN5/c1-7-2-3-8(10-13-4-5-14-10)11-15-9(6-12)16-17(7)11/h2-3H,4-6H2,1H3,(H,13,14). The van der Waals surface area contributed by atoms with Gasteiger partial charge < -0.3 is 5.32 Å². The Labute approximate surface area is 104 Å². The van der Waals surface area contributed by atoms with Crippen LogP contribution >= 0.6 is 11.6 Å². The second-order valence-electron chi connectivity index (χ2n) is 3.94. The van der Waals surface area contributed by atoms with Gasteiger partial charge in [0.25, 0.3) is 0 Å². The molecule has 0 aliphatic carbocycles. The van der Waals surface area contributed by atoms with E-state index in [-0.39, 0.29) is 0 Å². The molecule has 88 valence electrons. The molecule has 1 aliphatic rings. The fourth-order valence-electron chi connectivity index (χ4n) is 1.94. The molecule has 0 fully saturated rings. The highest BCUT2D eigenvalue weighted by Gasteiger charge is 2.15. The van der Waals surface area contributed by atoms with Crippen LogP contribution in [-0.4, -0.2) is 33.5 Å². The summed E-state index contributed by atoms with van der Waals surface area (Å²) in [6.07, 6.45) is 0. The molecule has 2 aromatic heterocycles. The lowest BCUT2D eigenvalue weighted by molar-refractivity contribution is 0.885. The van der Waals surface area contributed by atoms with Crippen molar-refractivity contribution in [3.63, 3.8) is 0 Å². The van der Waals surface area contributed by atoms with E-state index in [0.717, 1.165) is 35.8 Å². The highest BCUT2D eigenvalue weighted by molar-refractivity contribution is 6.16. The van der Waals surface area contributed by atoms with E-state index in [1.54, 1.807) is 0 Å². The summed E-state index contributed by atoms with van der Waals surface area (Å²) in [6.45, 7) is 3.69. The molecular formula is C11H12ClN5. The monoisotopic (exact) mass is 249 g/mol. The third kappa shape index (κ3) is 1.67. The molecule has 5 nitrogen and oxygen atoms in total. The molecule has 0 aromatic carbocycles. The molecule has 0 atom stereocenters. The van der Waals surface area contributed by atoms with Crippen molar-refractivity contribution >= 4 is 23.1 Å². The number of alkyl halides is 1. The number of nitrogens with one attached hydrogen (secondary N) is 1. The van der Waals surface area contributed by atoms with Crippen molar-refractivity contribution < 1.29 is 0 Å². The summed E-state index contributed by atoms with van der Waals surface area (Å²) in [5.41, 5.74) is 2.83. The minimum atomic E-state index is 0.320. The zero-order valence-electron chi connectivity index (χ0n) is 9.44. The molecule has 0 amide bonds. The normalized spacial score (nSPS) is 15.1. The van der Waals surface area contributed by atoms with Crippen molar-refractivity contribution in [2.75, 3.05) is 13.1 Å². The summed E-state index contributed by atoms with van der Waals surface area (Å²) in [4.78, 5) is 8.85. The van der Waals surface area contributed by atoms with Crippen molar-refractivity contribution in [2.45, 2.75) is 12.8 Å². The molecule has 1 N–H and O–H groups in total. The Morgan fingerprint density at radius 1 is 1.47 bits per heavy atom. The number of aryl methyl sites for hydroxylation is 1. The van der Waals surface area contributed by atoms with Gasteiger partial charge in [0.1, 0.15) is 5.84 Å². The minimum Gasteiger partial charge on any atom is -0.368 e. The van der Waals surface area contributed by atoms with E-state index in [0.29, 0.717) is 11.7 Å². The maximum Gasteiger partial charge on any atom is 0.166 e. The number of hydrogen-bond acceptors (Lipinski definition) is 4. The molecule has 17 heavy (non-hydrogen) atoms. The molecule has 3 heterocycles. The van der Waals surface area contributed by atoms with E-state index in [4.69, 9.17) is 11.6 Å². The predicted octanol–water partition coefficient (Wildman–Crippen LogP) is 1.13. The maximum atomic E-state index is 5.78. The highest BCUT2D eigenvalue weighted by atomic mass is 35.5. The van der Waals surface area contributed by atoms with Crippen LogP contribution in [0.5, 0.6) is 0 Å². The van der Waals surface area contributed by atoms with Gasteiger partial charge in [-0.25, -0.2) is 9.50 Å². The number of amidine groups is 1. The van der Waals surface area contributed by atoms with Gasteiger partial charge in [0.05, 0.1) is 18.0 Å². The van der Waals surface area contributed by atoms with Crippen LogP contribution in [0, 0.1) is 6.92 Å². The SMILES string of the molecule is Cc1ccc(C2=NCCN2)c2nc(CCl)nn12. The topological polar surface area (TPSA) is 54.6 Å². The van der Waals surface area contributed by atoms with Gasteiger partial charge in [0.2, 0.25) is 0 Å². The Hall–Kier alpha value is -1.62. The molecular weight excluding hydrogens is 238 g/mol. The number of fused-ring (bicyclic) bond motifs is 1. The molecule has 0 radical (unpaired) electrons. The first kappa shape index (κ1) is 10.5. The quantitative estimate of drug-likeness (QED) is 0.812. The Balaban J connectivity index is 2.24. The first-order valence-electron chi connectivity index (χ1n) is 5.49. The molecule has 0 saturated heterocycles. The summed E-state index contributed by atoms with van der Waals surface area (Å²) < 4.78 is 1.82. The number of halogens is 1. The summed E-state index contributed by atoms with van der Waals surface area (Å²) in [5.74, 6) is 1.85. The lowest BCUT2D eigenvalue weighted by Gasteiger charge is -2.05. The van der Waals surface area contributed by atoms with E-state index in [2.05, 4.69) is 20.4 Å². The first-order chi connectivity index (χ1) is 8.29. The second-order valence-corrected chi connectivity index (χ2v) is 4.21. The molecule has 3 rings (SSSR count). The van der Waals surface area contributed by atoms with Gasteiger partial charge in [-0.3, -0.25) is 4.99 Å². The van der Waals surface area contributed by atoms with E-state index >= 15 is 0 Å². The van der Waals surface area contributed by atoms with Crippen molar-refractivity contribution in [1.29, 1.82) is 0 Å². The fourth-order valence-corrected chi connectivity index (χ4v) is 2.06. The average Bonchev–Trinajstić information content (AvgIpc) is 2.98. The molecule has 0 unspecified atom stereocenters. The van der Waals surface area contributed by atoms with Crippen LogP contribution in [0.3, 0.4) is 0 Å². The predicted molar refractivity (Wildman–Crippen MR) is 66.7 cm³/mol. The Kier molecular flexibility index (Phi) is 2.48. The zero-order chi connectivity index (χ0) is 11.8. The van der Waals surface area contributed by atoms with Crippen LogP contribution < -0.4 is 5.32 Å². The molecule has 0 bridgehead atoms. The van der Waals surface area contributed by atoms with E-state index in [1.165, 1.54) is 0 Å². The fraction of sp³-hybridized carbons (Fsp3) is 0.364. The number of nitrogens with zero attached hydrogens (tertiary/aromatic N) is 4. The zero-order valence-corrected chi connectivity index (χ0v) is 10.2. The van der Waals surface area contributed by atoms with Gasteiger partial charge in [0.15, 0.2) is 11.5 Å². The number of aliphatic imine (C=N–C) groups is 1. The van der Waals surface area contributed by atoms with Gasteiger partial charge >= 0.3 is 0 Å². The van der Waals surface area contributed by atoms with Gasteiger partial charge in [0, 0.05) is 12.2 Å². The number of pyridine rings is 1. The van der Waals surface area contributed by atoms with E-state index in [1.807, 2.05) is 23.6 Å². The highest BCUT2D eigenvalue weighted by Crippen LogP contribution is 2.14. The smallest absolute Gasteiger partial charge is 0.166 e. The third-order valence-electron chi connectivity index (χ3n) is 2.77. The molecule has 6 heteroatoms. The number of aromatic nitrogens is 3. The molecule has 1 aliphatic heterocycles. The molecule has 0 spiro atoms. The second kappa shape index (κ2) is 4.00. The van der Waals surface area contributed by atoms with E-state index < -0.39 is 0 Å². The van der Waals surface area contributed by atoms with Crippen LogP contribution in [0.1, 0.15) is 17.1 Å². The first-order valence-corrected chi connectivity index (χ1v) is 6.03. The van der Waals surface area contributed by atoms with Crippen LogP contribution in [0.2, 0.25) is 0 Å². The third-order valence-corrected chi connectivity index (χ3v) is 3.01. The van der Waals surface area contributed by atoms with Gasteiger partial charge in [-0.1, -0.05) is 0 Å².